The molecule has 0 aliphatic rings. The Hall–Kier alpha value is -1.85. The monoisotopic (exact) mass is 295 g/mol. The van der Waals surface area contributed by atoms with Crippen molar-refractivity contribution in [1.29, 1.82) is 0 Å². The largest absolute Gasteiger partial charge is 0.363 e. The van der Waals surface area contributed by atoms with Gasteiger partial charge in [0.2, 0.25) is 11.8 Å². The molecule has 21 heavy (non-hydrogen) atoms. The second kappa shape index (κ2) is 9.15. The van der Waals surface area contributed by atoms with E-state index in [-0.39, 0.29) is 24.4 Å². The van der Waals surface area contributed by atoms with Gasteiger partial charge >= 0.3 is 0 Å². The molecule has 118 valence electrons. The zero-order valence-electron chi connectivity index (χ0n) is 13.1. The van der Waals surface area contributed by atoms with Crippen LogP contribution < -0.4 is 5.32 Å². The van der Waals surface area contributed by atoms with Crippen molar-refractivity contribution in [3.63, 3.8) is 0 Å². The lowest BCUT2D eigenvalue weighted by Gasteiger charge is -2.26. The summed E-state index contributed by atoms with van der Waals surface area (Å²) in [5.41, 5.74) is 0. The number of aromatic nitrogens is 1. The first kappa shape index (κ1) is 17.2. The number of amides is 2. The van der Waals surface area contributed by atoms with Crippen LogP contribution in [0.2, 0.25) is 0 Å². The van der Waals surface area contributed by atoms with Gasteiger partial charge in [0.15, 0.2) is 5.82 Å². The lowest BCUT2D eigenvalue weighted by molar-refractivity contribution is -0.136. The van der Waals surface area contributed by atoms with E-state index < -0.39 is 0 Å². The summed E-state index contributed by atoms with van der Waals surface area (Å²) in [7, 11) is 0. The van der Waals surface area contributed by atoms with Crippen LogP contribution in [0.25, 0.3) is 0 Å². The van der Waals surface area contributed by atoms with E-state index >= 15 is 0 Å². The summed E-state index contributed by atoms with van der Waals surface area (Å²) < 4.78 is 4.65. The standard InChI is InChI=1S/C15H25N3O3/c1-4-5-6-7-8-15(20)18(12(2)3)11-14(19)16-13-9-10-21-17-13/h9-10,12H,4-8,11H2,1-3H3,(H,16,17,19). The molecule has 0 radical (unpaired) electrons. The van der Waals surface area contributed by atoms with E-state index in [1.165, 1.54) is 6.26 Å². The van der Waals surface area contributed by atoms with Crippen molar-refractivity contribution in [3.05, 3.63) is 12.3 Å². The molecule has 0 unspecified atom stereocenters. The van der Waals surface area contributed by atoms with Crippen LogP contribution in [0.1, 0.15) is 52.9 Å². The fourth-order valence-electron chi connectivity index (χ4n) is 2.02. The minimum absolute atomic E-state index is 0.00765. The summed E-state index contributed by atoms with van der Waals surface area (Å²) in [4.78, 5) is 25.7. The zero-order chi connectivity index (χ0) is 15.7. The van der Waals surface area contributed by atoms with E-state index in [0.717, 1.165) is 25.7 Å². The molecule has 1 heterocycles. The highest BCUT2D eigenvalue weighted by atomic mass is 16.5. The Bertz CT molecular complexity index is 429. The minimum Gasteiger partial charge on any atom is -0.363 e. The maximum absolute atomic E-state index is 12.2. The molecule has 2 amide bonds. The summed E-state index contributed by atoms with van der Waals surface area (Å²) in [6.45, 7) is 5.99. The molecular weight excluding hydrogens is 270 g/mol. The van der Waals surface area contributed by atoms with E-state index in [2.05, 4.69) is 21.9 Å². The molecule has 0 fully saturated rings. The highest BCUT2D eigenvalue weighted by Gasteiger charge is 2.20. The van der Waals surface area contributed by atoms with E-state index in [1.54, 1.807) is 11.0 Å². The summed E-state index contributed by atoms with van der Waals surface area (Å²) in [5.74, 6) is 0.120. The molecule has 0 atom stereocenters. The molecular formula is C15H25N3O3. The number of nitrogens with zero attached hydrogens (tertiary/aromatic N) is 2. The van der Waals surface area contributed by atoms with Gasteiger partial charge < -0.3 is 14.7 Å². The van der Waals surface area contributed by atoms with Gasteiger partial charge in [0.05, 0.1) is 0 Å². The van der Waals surface area contributed by atoms with Crippen LogP contribution in [0.15, 0.2) is 16.9 Å². The molecule has 0 aliphatic carbocycles. The predicted molar refractivity (Wildman–Crippen MR) is 80.7 cm³/mol. The second-order valence-corrected chi connectivity index (χ2v) is 5.36. The van der Waals surface area contributed by atoms with Gasteiger partial charge in [-0.3, -0.25) is 9.59 Å². The molecule has 6 heteroatoms. The number of carbonyl (C=O) groups excluding carboxylic acids is 2. The Morgan fingerprint density at radius 2 is 2.10 bits per heavy atom. The van der Waals surface area contributed by atoms with Gasteiger partial charge in [-0.05, 0) is 20.3 Å². The first-order chi connectivity index (χ1) is 10.0. The van der Waals surface area contributed by atoms with Gasteiger partial charge in [0.25, 0.3) is 0 Å². The normalized spacial score (nSPS) is 10.7. The van der Waals surface area contributed by atoms with Crippen molar-refractivity contribution < 1.29 is 14.1 Å². The third kappa shape index (κ3) is 6.42. The smallest absolute Gasteiger partial charge is 0.245 e. The Labute approximate surface area is 125 Å². The molecule has 1 aromatic heterocycles. The van der Waals surface area contributed by atoms with Crippen LogP contribution in [0.5, 0.6) is 0 Å². The summed E-state index contributed by atoms with van der Waals surface area (Å²) in [6, 6.07) is 1.55. The minimum atomic E-state index is -0.264. The van der Waals surface area contributed by atoms with Crippen LogP contribution in [-0.4, -0.2) is 34.5 Å². The quantitative estimate of drug-likeness (QED) is 0.711. The Kier molecular flexibility index (Phi) is 7.50. The number of hydrogen-bond acceptors (Lipinski definition) is 4. The van der Waals surface area contributed by atoms with Gasteiger partial charge in [0, 0.05) is 18.5 Å². The second-order valence-electron chi connectivity index (χ2n) is 5.36. The molecule has 6 nitrogen and oxygen atoms in total. The van der Waals surface area contributed by atoms with Crippen molar-refractivity contribution >= 4 is 17.6 Å². The number of hydrogen-bond donors (Lipinski definition) is 1. The maximum Gasteiger partial charge on any atom is 0.245 e. The molecule has 0 aliphatic heterocycles. The lowest BCUT2D eigenvalue weighted by atomic mass is 10.1. The van der Waals surface area contributed by atoms with Crippen molar-refractivity contribution in [3.8, 4) is 0 Å². The van der Waals surface area contributed by atoms with E-state index in [9.17, 15) is 9.59 Å². The maximum atomic E-state index is 12.2. The highest BCUT2D eigenvalue weighted by Crippen LogP contribution is 2.09. The fourth-order valence-corrected chi connectivity index (χ4v) is 2.02. The zero-order valence-corrected chi connectivity index (χ0v) is 13.1. The first-order valence-corrected chi connectivity index (χ1v) is 7.54. The third-order valence-electron chi connectivity index (χ3n) is 3.21. The highest BCUT2D eigenvalue weighted by molar-refractivity contribution is 5.93. The molecule has 1 aromatic rings. The molecule has 1 rings (SSSR count). The fraction of sp³-hybridized carbons (Fsp3) is 0.667. The Balaban J connectivity index is 2.44. The molecule has 1 N–H and O–H groups in total. The average molecular weight is 295 g/mol. The Morgan fingerprint density at radius 3 is 2.67 bits per heavy atom. The molecule has 0 spiro atoms. The van der Waals surface area contributed by atoms with E-state index in [0.29, 0.717) is 12.2 Å². The van der Waals surface area contributed by atoms with Crippen molar-refractivity contribution in [1.82, 2.24) is 10.1 Å². The number of rotatable bonds is 9. The van der Waals surface area contributed by atoms with Crippen LogP contribution in [0.3, 0.4) is 0 Å². The number of unbranched alkanes of at least 4 members (excludes halogenated alkanes) is 3. The summed E-state index contributed by atoms with van der Waals surface area (Å²) in [6.07, 6.45) is 6.09. The van der Waals surface area contributed by atoms with E-state index in [4.69, 9.17) is 0 Å². The summed E-state index contributed by atoms with van der Waals surface area (Å²) >= 11 is 0. The summed E-state index contributed by atoms with van der Waals surface area (Å²) in [5, 5.41) is 6.21. The van der Waals surface area contributed by atoms with Gasteiger partial charge in [0.1, 0.15) is 12.8 Å². The van der Waals surface area contributed by atoms with Gasteiger partial charge in [-0.25, -0.2) is 0 Å². The molecule has 0 saturated heterocycles. The van der Waals surface area contributed by atoms with Crippen molar-refractivity contribution in [2.24, 2.45) is 0 Å². The third-order valence-corrected chi connectivity index (χ3v) is 3.21. The van der Waals surface area contributed by atoms with Crippen molar-refractivity contribution in [2.75, 3.05) is 11.9 Å². The number of nitrogens with one attached hydrogen (secondary N) is 1. The molecule has 0 bridgehead atoms. The molecule has 0 aromatic carbocycles. The SMILES string of the molecule is CCCCCCC(=O)N(CC(=O)Nc1ccon1)C(C)C. The molecule has 0 saturated carbocycles. The number of carbonyl (C=O) groups is 2. The van der Waals surface area contributed by atoms with Crippen LogP contribution >= 0.6 is 0 Å². The van der Waals surface area contributed by atoms with Crippen LogP contribution in [-0.2, 0) is 9.59 Å². The Morgan fingerprint density at radius 1 is 1.33 bits per heavy atom. The van der Waals surface area contributed by atoms with Crippen LogP contribution in [0.4, 0.5) is 5.82 Å². The van der Waals surface area contributed by atoms with Gasteiger partial charge in [-0.1, -0.05) is 31.3 Å². The lowest BCUT2D eigenvalue weighted by Crippen LogP contribution is -2.42. The predicted octanol–water partition coefficient (Wildman–Crippen LogP) is 2.82. The first-order valence-electron chi connectivity index (χ1n) is 7.54. The van der Waals surface area contributed by atoms with E-state index in [1.807, 2.05) is 13.8 Å². The van der Waals surface area contributed by atoms with Gasteiger partial charge in [-0.2, -0.15) is 0 Å². The van der Waals surface area contributed by atoms with Gasteiger partial charge in [-0.15, -0.1) is 0 Å². The van der Waals surface area contributed by atoms with Crippen LogP contribution in [0, 0.1) is 0 Å². The topological polar surface area (TPSA) is 75.4 Å². The average Bonchev–Trinajstić information content (AvgIpc) is 2.93. The number of anilines is 1. The van der Waals surface area contributed by atoms with Crippen molar-refractivity contribution in [2.45, 2.75) is 58.9 Å².